The molecule has 0 amide bonds. The minimum atomic E-state index is 0.762. The summed E-state index contributed by atoms with van der Waals surface area (Å²) in [4.78, 5) is 6.74. The SMILES string of the molecule is c1ccc(CCCc2nc(N3CCOCC3)n[nH]2)cc1. The number of benzene rings is 1. The first kappa shape index (κ1) is 13.1. The number of aromatic nitrogens is 3. The number of hydrogen-bond acceptors (Lipinski definition) is 4. The summed E-state index contributed by atoms with van der Waals surface area (Å²) in [6.07, 6.45) is 3.10. The van der Waals surface area contributed by atoms with Gasteiger partial charge in [-0.15, -0.1) is 5.10 Å². The molecule has 1 N–H and O–H groups in total. The Morgan fingerprint density at radius 3 is 2.70 bits per heavy atom. The summed E-state index contributed by atoms with van der Waals surface area (Å²) in [6, 6.07) is 10.5. The van der Waals surface area contributed by atoms with E-state index >= 15 is 0 Å². The molecule has 0 unspecified atom stereocenters. The second kappa shape index (κ2) is 6.52. The van der Waals surface area contributed by atoms with Crippen molar-refractivity contribution in [1.29, 1.82) is 0 Å². The molecule has 2 aromatic rings. The Hall–Kier alpha value is -1.88. The fourth-order valence-electron chi connectivity index (χ4n) is 2.41. The highest BCUT2D eigenvalue weighted by Crippen LogP contribution is 2.11. The minimum absolute atomic E-state index is 0.762. The van der Waals surface area contributed by atoms with Gasteiger partial charge in [0.15, 0.2) is 0 Å². The van der Waals surface area contributed by atoms with E-state index in [0.717, 1.165) is 57.3 Å². The first-order valence-corrected chi connectivity index (χ1v) is 7.20. The molecule has 1 fully saturated rings. The Morgan fingerprint density at radius 2 is 1.90 bits per heavy atom. The zero-order valence-corrected chi connectivity index (χ0v) is 11.6. The van der Waals surface area contributed by atoms with Crippen LogP contribution in [0.3, 0.4) is 0 Å². The Balaban J connectivity index is 1.50. The number of morpholine rings is 1. The van der Waals surface area contributed by atoms with Crippen LogP contribution in [0, 0.1) is 0 Å². The molecule has 106 valence electrons. The molecule has 0 bridgehead atoms. The van der Waals surface area contributed by atoms with Crippen molar-refractivity contribution in [1.82, 2.24) is 15.2 Å². The zero-order valence-electron chi connectivity index (χ0n) is 11.6. The lowest BCUT2D eigenvalue weighted by Crippen LogP contribution is -2.36. The molecule has 5 nitrogen and oxygen atoms in total. The standard InChI is InChI=1S/C15H20N4O/c1-2-5-13(6-3-1)7-4-8-14-16-15(18-17-14)19-9-11-20-12-10-19/h1-3,5-6H,4,7-12H2,(H,16,17,18). The van der Waals surface area contributed by atoms with Gasteiger partial charge in [0.1, 0.15) is 5.82 Å². The molecular weight excluding hydrogens is 252 g/mol. The van der Waals surface area contributed by atoms with Crippen LogP contribution in [0.1, 0.15) is 17.8 Å². The van der Waals surface area contributed by atoms with Gasteiger partial charge in [-0.05, 0) is 18.4 Å². The number of rotatable bonds is 5. The summed E-state index contributed by atoms with van der Waals surface area (Å²) in [5.41, 5.74) is 1.38. The van der Waals surface area contributed by atoms with Gasteiger partial charge in [0, 0.05) is 19.5 Å². The van der Waals surface area contributed by atoms with Gasteiger partial charge in [-0.3, -0.25) is 5.10 Å². The van der Waals surface area contributed by atoms with E-state index in [1.54, 1.807) is 0 Å². The normalized spacial score (nSPS) is 15.5. The number of ether oxygens (including phenoxy) is 1. The molecule has 1 saturated heterocycles. The van der Waals surface area contributed by atoms with Gasteiger partial charge in [0.05, 0.1) is 13.2 Å². The minimum Gasteiger partial charge on any atom is -0.378 e. The van der Waals surface area contributed by atoms with Crippen LogP contribution in [0.25, 0.3) is 0 Å². The van der Waals surface area contributed by atoms with Crippen molar-refractivity contribution in [3.63, 3.8) is 0 Å². The highest BCUT2D eigenvalue weighted by molar-refractivity contribution is 5.29. The molecule has 0 atom stereocenters. The van der Waals surface area contributed by atoms with Crippen LogP contribution >= 0.6 is 0 Å². The lowest BCUT2D eigenvalue weighted by Gasteiger charge is -2.25. The van der Waals surface area contributed by atoms with E-state index in [1.807, 2.05) is 0 Å². The van der Waals surface area contributed by atoms with Crippen molar-refractivity contribution in [2.24, 2.45) is 0 Å². The average Bonchev–Trinajstić information content (AvgIpc) is 2.98. The molecule has 5 heteroatoms. The lowest BCUT2D eigenvalue weighted by atomic mass is 10.1. The summed E-state index contributed by atoms with van der Waals surface area (Å²) in [6.45, 7) is 3.28. The number of aryl methyl sites for hydroxylation is 2. The quantitative estimate of drug-likeness (QED) is 0.902. The number of hydrogen-bond donors (Lipinski definition) is 1. The predicted molar refractivity (Wildman–Crippen MR) is 77.9 cm³/mol. The van der Waals surface area contributed by atoms with E-state index in [9.17, 15) is 0 Å². The maximum atomic E-state index is 5.33. The third kappa shape index (κ3) is 3.36. The highest BCUT2D eigenvalue weighted by atomic mass is 16.5. The summed E-state index contributed by atoms with van der Waals surface area (Å²) in [5, 5.41) is 7.35. The topological polar surface area (TPSA) is 54.0 Å². The van der Waals surface area contributed by atoms with E-state index in [0.29, 0.717) is 0 Å². The summed E-state index contributed by atoms with van der Waals surface area (Å²) in [5.74, 6) is 1.78. The van der Waals surface area contributed by atoms with Crippen LogP contribution in [0.5, 0.6) is 0 Å². The first-order chi connectivity index (χ1) is 9.92. The van der Waals surface area contributed by atoms with Crippen molar-refractivity contribution < 1.29 is 4.74 Å². The van der Waals surface area contributed by atoms with Gasteiger partial charge in [0.2, 0.25) is 5.95 Å². The molecule has 1 aromatic carbocycles. The van der Waals surface area contributed by atoms with Crippen molar-refractivity contribution >= 4 is 5.95 Å². The summed E-state index contributed by atoms with van der Waals surface area (Å²) in [7, 11) is 0. The molecule has 0 aliphatic carbocycles. The molecule has 0 spiro atoms. The molecular formula is C15H20N4O. The van der Waals surface area contributed by atoms with Gasteiger partial charge in [0.25, 0.3) is 0 Å². The fraction of sp³-hybridized carbons (Fsp3) is 0.467. The highest BCUT2D eigenvalue weighted by Gasteiger charge is 2.15. The monoisotopic (exact) mass is 272 g/mol. The van der Waals surface area contributed by atoms with Gasteiger partial charge in [-0.2, -0.15) is 4.98 Å². The Labute approximate surface area is 119 Å². The third-order valence-electron chi connectivity index (χ3n) is 3.54. The predicted octanol–water partition coefficient (Wildman–Crippen LogP) is 1.82. The van der Waals surface area contributed by atoms with Gasteiger partial charge < -0.3 is 9.64 Å². The molecule has 2 heterocycles. The molecule has 1 aromatic heterocycles. The molecule has 1 aliphatic heterocycles. The number of aromatic amines is 1. The van der Waals surface area contributed by atoms with Crippen LogP contribution in [-0.2, 0) is 17.6 Å². The fourth-order valence-corrected chi connectivity index (χ4v) is 2.41. The van der Waals surface area contributed by atoms with E-state index < -0.39 is 0 Å². The third-order valence-corrected chi connectivity index (χ3v) is 3.54. The lowest BCUT2D eigenvalue weighted by molar-refractivity contribution is 0.122. The average molecular weight is 272 g/mol. The van der Waals surface area contributed by atoms with Crippen molar-refractivity contribution in [3.8, 4) is 0 Å². The van der Waals surface area contributed by atoms with E-state index in [2.05, 4.69) is 50.4 Å². The molecule has 20 heavy (non-hydrogen) atoms. The van der Waals surface area contributed by atoms with Crippen LogP contribution in [0.2, 0.25) is 0 Å². The number of anilines is 1. The van der Waals surface area contributed by atoms with Crippen LogP contribution in [0.4, 0.5) is 5.95 Å². The van der Waals surface area contributed by atoms with Crippen molar-refractivity contribution in [3.05, 3.63) is 41.7 Å². The Morgan fingerprint density at radius 1 is 1.10 bits per heavy atom. The maximum absolute atomic E-state index is 5.33. The summed E-state index contributed by atoms with van der Waals surface area (Å²) >= 11 is 0. The summed E-state index contributed by atoms with van der Waals surface area (Å²) < 4.78 is 5.33. The number of nitrogens with zero attached hydrogens (tertiary/aromatic N) is 3. The second-order valence-corrected chi connectivity index (χ2v) is 5.02. The van der Waals surface area contributed by atoms with Crippen molar-refractivity contribution in [2.75, 3.05) is 31.2 Å². The van der Waals surface area contributed by atoms with Crippen molar-refractivity contribution in [2.45, 2.75) is 19.3 Å². The van der Waals surface area contributed by atoms with Crippen LogP contribution in [-0.4, -0.2) is 41.5 Å². The first-order valence-electron chi connectivity index (χ1n) is 7.20. The van der Waals surface area contributed by atoms with E-state index in [1.165, 1.54) is 5.56 Å². The van der Waals surface area contributed by atoms with Gasteiger partial charge >= 0.3 is 0 Å². The van der Waals surface area contributed by atoms with E-state index in [4.69, 9.17) is 4.74 Å². The second-order valence-electron chi connectivity index (χ2n) is 5.02. The zero-order chi connectivity index (χ0) is 13.6. The molecule has 1 aliphatic rings. The molecule has 3 rings (SSSR count). The number of H-pyrrole nitrogens is 1. The maximum Gasteiger partial charge on any atom is 0.244 e. The van der Waals surface area contributed by atoms with Gasteiger partial charge in [-0.1, -0.05) is 30.3 Å². The Kier molecular flexibility index (Phi) is 4.28. The van der Waals surface area contributed by atoms with Gasteiger partial charge in [-0.25, -0.2) is 0 Å². The smallest absolute Gasteiger partial charge is 0.244 e. The van der Waals surface area contributed by atoms with Crippen LogP contribution < -0.4 is 4.90 Å². The number of nitrogens with one attached hydrogen (secondary N) is 1. The molecule has 0 radical (unpaired) electrons. The van der Waals surface area contributed by atoms with Crippen LogP contribution in [0.15, 0.2) is 30.3 Å². The van der Waals surface area contributed by atoms with E-state index in [-0.39, 0.29) is 0 Å². The molecule has 0 saturated carbocycles. The Bertz CT molecular complexity index is 520. The largest absolute Gasteiger partial charge is 0.378 e.